The highest BCUT2D eigenvalue weighted by Crippen LogP contribution is 2.21. The molecule has 0 aliphatic heterocycles. The molecule has 2 aromatic rings. The lowest BCUT2D eigenvalue weighted by Crippen LogP contribution is -2.40. The zero-order valence-electron chi connectivity index (χ0n) is 14.7. The van der Waals surface area contributed by atoms with Crippen molar-refractivity contribution in [2.24, 2.45) is 5.92 Å². The number of nitrogens with one attached hydrogen (secondary N) is 2. The Kier molecular flexibility index (Phi) is 7.00. The molecule has 0 saturated heterocycles. The zero-order valence-corrected chi connectivity index (χ0v) is 15.5. The first-order chi connectivity index (χ1) is 12.0. The molecule has 0 aliphatic rings. The summed E-state index contributed by atoms with van der Waals surface area (Å²) in [7, 11) is 0. The summed E-state index contributed by atoms with van der Waals surface area (Å²) in [5, 5.41) is 13.8. The predicted octanol–water partition coefficient (Wildman–Crippen LogP) is 2.54. The molecule has 0 radical (unpaired) electrons. The van der Waals surface area contributed by atoms with Crippen LogP contribution in [0, 0.1) is 12.8 Å². The minimum atomic E-state index is -0.466. The number of imide groups is 1. The van der Waals surface area contributed by atoms with Crippen molar-refractivity contribution in [1.82, 2.24) is 25.4 Å². The summed E-state index contributed by atoms with van der Waals surface area (Å²) in [6, 6.07) is 9.22. The maximum atomic E-state index is 11.9. The van der Waals surface area contributed by atoms with E-state index in [1.165, 1.54) is 11.8 Å². The molecule has 8 heteroatoms. The van der Waals surface area contributed by atoms with Gasteiger partial charge in [-0.2, -0.15) is 0 Å². The van der Waals surface area contributed by atoms with Gasteiger partial charge in [-0.05, 0) is 31.4 Å². The number of carbonyl (C=O) groups is 2. The molecular formula is C17H23N5O2S. The van der Waals surface area contributed by atoms with Crippen molar-refractivity contribution in [2.45, 2.75) is 32.3 Å². The Morgan fingerprint density at radius 2 is 1.92 bits per heavy atom. The Labute approximate surface area is 151 Å². The number of hydrogen-bond acceptors (Lipinski definition) is 5. The van der Waals surface area contributed by atoms with Gasteiger partial charge >= 0.3 is 6.03 Å². The van der Waals surface area contributed by atoms with Crippen LogP contribution in [0.2, 0.25) is 0 Å². The van der Waals surface area contributed by atoms with Gasteiger partial charge in [-0.15, -0.1) is 10.2 Å². The lowest BCUT2D eigenvalue weighted by Gasteiger charge is -2.09. The van der Waals surface area contributed by atoms with E-state index in [4.69, 9.17) is 0 Å². The number of benzene rings is 1. The number of nitrogens with zero attached hydrogens (tertiary/aromatic N) is 3. The van der Waals surface area contributed by atoms with E-state index >= 15 is 0 Å². The molecule has 2 rings (SSSR count). The van der Waals surface area contributed by atoms with Gasteiger partial charge < -0.3 is 5.32 Å². The van der Waals surface area contributed by atoms with Crippen LogP contribution in [0.15, 0.2) is 35.5 Å². The lowest BCUT2D eigenvalue weighted by molar-refractivity contribution is -0.117. The van der Waals surface area contributed by atoms with Gasteiger partial charge in [-0.3, -0.25) is 14.7 Å². The van der Waals surface area contributed by atoms with Crippen LogP contribution in [0.5, 0.6) is 0 Å². The number of aromatic nitrogens is 3. The fraction of sp³-hybridized carbons (Fsp3) is 0.412. The van der Waals surface area contributed by atoms with Crippen LogP contribution in [0.1, 0.15) is 26.1 Å². The SMILES string of the molecule is Cc1nnc(SCC(=O)NC(=O)NCCC(C)C)n1-c1ccccc1. The van der Waals surface area contributed by atoms with E-state index in [2.05, 4.69) is 34.7 Å². The third-order valence-corrected chi connectivity index (χ3v) is 4.33. The molecule has 0 saturated carbocycles. The molecule has 0 unspecified atom stereocenters. The van der Waals surface area contributed by atoms with E-state index < -0.39 is 6.03 Å². The summed E-state index contributed by atoms with van der Waals surface area (Å²) in [6.45, 7) is 6.55. The van der Waals surface area contributed by atoms with Gasteiger partial charge in [-0.1, -0.05) is 43.8 Å². The van der Waals surface area contributed by atoms with Crippen molar-refractivity contribution in [3.8, 4) is 5.69 Å². The number of hydrogen-bond donors (Lipinski definition) is 2. The van der Waals surface area contributed by atoms with Crippen LogP contribution in [0.25, 0.3) is 5.69 Å². The van der Waals surface area contributed by atoms with E-state index in [1.807, 2.05) is 41.8 Å². The van der Waals surface area contributed by atoms with Gasteiger partial charge in [-0.25, -0.2) is 4.79 Å². The lowest BCUT2D eigenvalue weighted by atomic mass is 10.1. The number of carbonyl (C=O) groups excluding carboxylic acids is 2. The first-order valence-electron chi connectivity index (χ1n) is 8.15. The quantitative estimate of drug-likeness (QED) is 0.740. The van der Waals surface area contributed by atoms with Crippen LogP contribution in [0.3, 0.4) is 0 Å². The van der Waals surface area contributed by atoms with Gasteiger partial charge in [0.05, 0.1) is 5.75 Å². The Balaban J connectivity index is 1.87. The van der Waals surface area contributed by atoms with Gasteiger partial charge in [0.1, 0.15) is 5.82 Å². The molecule has 25 heavy (non-hydrogen) atoms. The van der Waals surface area contributed by atoms with E-state index in [1.54, 1.807) is 0 Å². The topological polar surface area (TPSA) is 88.9 Å². The fourth-order valence-electron chi connectivity index (χ4n) is 2.12. The molecule has 0 bridgehead atoms. The number of amides is 3. The first kappa shape index (κ1) is 19.0. The van der Waals surface area contributed by atoms with Crippen LogP contribution >= 0.6 is 11.8 Å². The molecule has 7 nitrogen and oxygen atoms in total. The summed E-state index contributed by atoms with van der Waals surface area (Å²) in [5.74, 6) is 0.953. The number of urea groups is 1. The van der Waals surface area contributed by atoms with Crippen molar-refractivity contribution < 1.29 is 9.59 Å². The molecule has 1 aromatic heterocycles. The Bertz CT molecular complexity index is 715. The molecule has 2 N–H and O–H groups in total. The van der Waals surface area contributed by atoms with Crippen LogP contribution < -0.4 is 10.6 Å². The maximum Gasteiger partial charge on any atom is 0.321 e. The van der Waals surface area contributed by atoms with Gasteiger partial charge in [0.2, 0.25) is 5.91 Å². The minimum absolute atomic E-state index is 0.0859. The van der Waals surface area contributed by atoms with Crippen LogP contribution in [0.4, 0.5) is 4.79 Å². The van der Waals surface area contributed by atoms with E-state index in [-0.39, 0.29) is 11.7 Å². The Morgan fingerprint density at radius 3 is 2.60 bits per heavy atom. The average Bonchev–Trinajstić information content (AvgIpc) is 2.94. The van der Waals surface area contributed by atoms with Gasteiger partial charge in [0.25, 0.3) is 0 Å². The smallest absolute Gasteiger partial charge is 0.321 e. The van der Waals surface area contributed by atoms with E-state index in [0.29, 0.717) is 17.6 Å². The number of aryl methyl sites for hydroxylation is 1. The second-order valence-electron chi connectivity index (χ2n) is 5.98. The second kappa shape index (κ2) is 9.22. The molecule has 0 fully saturated rings. The molecule has 1 heterocycles. The third-order valence-electron chi connectivity index (χ3n) is 3.40. The summed E-state index contributed by atoms with van der Waals surface area (Å²) < 4.78 is 1.88. The molecule has 0 atom stereocenters. The van der Waals surface area contributed by atoms with Crippen molar-refractivity contribution in [3.05, 3.63) is 36.2 Å². The highest BCUT2D eigenvalue weighted by atomic mass is 32.2. The summed E-state index contributed by atoms with van der Waals surface area (Å²) >= 11 is 1.24. The second-order valence-corrected chi connectivity index (χ2v) is 6.92. The number of rotatable bonds is 7. The summed E-state index contributed by atoms with van der Waals surface area (Å²) in [6.07, 6.45) is 0.871. The summed E-state index contributed by atoms with van der Waals surface area (Å²) in [5.41, 5.74) is 0.930. The number of para-hydroxylation sites is 1. The van der Waals surface area contributed by atoms with E-state index in [0.717, 1.165) is 17.9 Å². The standard InChI is InChI=1S/C17H23N5O2S/c1-12(2)9-10-18-16(24)19-15(23)11-25-17-21-20-13(3)22(17)14-7-5-4-6-8-14/h4-8,12H,9-11H2,1-3H3,(H2,18,19,23,24). The molecule has 3 amide bonds. The van der Waals surface area contributed by atoms with Crippen molar-refractivity contribution in [3.63, 3.8) is 0 Å². The van der Waals surface area contributed by atoms with Crippen molar-refractivity contribution in [2.75, 3.05) is 12.3 Å². The Hall–Kier alpha value is -2.35. The normalized spacial score (nSPS) is 10.7. The average molecular weight is 361 g/mol. The molecule has 0 aliphatic carbocycles. The summed E-state index contributed by atoms with van der Waals surface area (Å²) in [4.78, 5) is 23.6. The van der Waals surface area contributed by atoms with Gasteiger partial charge in [0.15, 0.2) is 5.16 Å². The maximum absolute atomic E-state index is 11.9. The highest BCUT2D eigenvalue weighted by molar-refractivity contribution is 7.99. The zero-order chi connectivity index (χ0) is 18.2. The van der Waals surface area contributed by atoms with E-state index in [9.17, 15) is 9.59 Å². The fourth-order valence-corrected chi connectivity index (χ4v) is 2.92. The van der Waals surface area contributed by atoms with Crippen LogP contribution in [-0.4, -0.2) is 39.0 Å². The predicted molar refractivity (Wildman–Crippen MR) is 97.8 cm³/mol. The largest absolute Gasteiger partial charge is 0.338 e. The number of thioether (sulfide) groups is 1. The van der Waals surface area contributed by atoms with Crippen molar-refractivity contribution in [1.29, 1.82) is 0 Å². The van der Waals surface area contributed by atoms with Gasteiger partial charge in [0, 0.05) is 12.2 Å². The molecular weight excluding hydrogens is 338 g/mol. The molecule has 134 valence electrons. The molecule has 1 aromatic carbocycles. The monoisotopic (exact) mass is 361 g/mol. The highest BCUT2D eigenvalue weighted by Gasteiger charge is 2.14. The minimum Gasteiger partial charge on any atom is -0.338 e. The first-order valence-corrected chi connectivity index (χ1v) is 9.14. The molecule has 0 spiro atoms. The third kappa shape index (κ3) is 5.90. The van der Waals surface area contributed by atoms with Crippen LogP contribution in [-0.2, 0) is 4.79 Å². The van der Waals surface area contributed by atoms with Crippen molar-refractivity contribution >= 4 is 23.7 Å². The Morgan fingerprint density at radius 1 is 1.20 bits per heavy atom.